The summed E-state index contributed by atoms with van der Waals surface area (Å²) >= 11 is 0. The van der Waals surface area contributed by atoms with Gasteiger partial charge in [-0.25, -0.2) is 0 Å². The van der Waals surface area contributed by atoms with E-state index >= 15 is 0 Å². The number of hydrogen-bond acceptors (Lipinski definition) is 4. The Kier molecular flexibility index (Phi) is 3.79. The van der Waals surface area contributed by atoms with Crippen molar-refractivity contribution >= 4 is 16.5 Å². The minimum Gasteiger partial charge on any atom is -0.384 e. The first-order valence-corrected chi connectivity index (χ1v) is 7.31. The smallest absolute Gasteiger partial charge is 0.272 e. The molecule has 6 nitrogen and oxygen atoms in total. The Labute approximate surface area is 122 Å². The van der Waals surface area contributed by atoms with Crippen molar-refractivity contribution in [2.45, 2.75) is 12.8 Å². The lowest BCUT2D eigenvalue weighted by atomic mass is 9.97. The predicted molar refractivity (Wildman–Crippen MR) is 83.9 cm³/mol. The molecule has 0 unspecified atom stereocenters. The second-order valence-corrected chi connectivity index (χ2v) is 5.76. The van der Waals surface area contributed by atoms with Crippen LogP contribution in [-0.2, 0) is 0 Å². The highest BCUT2D eigenvalue weighted by atomic mass is 16.1. The highest BCUT2D eigenvalue weighted by Crippen LogP contribution is 2.20. The van der Waals surface area contributed by atoms with E-state index in [9.17, 15) is 9.59 Å². The summed E-state index contributed by atoms with van der Waals surface area (Å²) in [6.45, 7) is 3.06. The summed E-state index contributed by atoms with van der Waals surface area (Å²) in [7, 11) is 2.14. The minimum absolute atomic E-state index is 0.268. The minimum atomic E-state index is -0.271. The zero-order valence-electron chi connectivity index (χ0n) is 12.1. The molecular weight excluding hydrogens is 268 g/mol. The topological polar surface area (TPSA) is 81.0 Å². The van der Waals surface area contributed by atoms with E-state index in [0.29, 0.717) is 16.7 Å². The molecule has 112 valence electrons. The van der Waals surface area contributed by atoms with E-state index in [1.165, 1.54) is 0 Å². The number of fused-ring (bicyclic) bond motifs is 1. The molecule has 1 aromatic carbocycles. The number of hydrogen-bond donors (Lipinski definition) is 3. The van der Waals surface area contributed by atoms with Crippen molar-refractivity contribution in [3.63, 3.8) is 0 Å². The summed E-state index contributed by atoms with van der Waals surface area (Å²) in [5.41, 5.74) is 0.197. The van der Waals surface area contributed by atoms with Gasteiger partial charge in [0.2, 0.25) is 0 Å². The molecule has 3 rings (SSSR count). The Hall–Kier alpha value is -2.08. The third-order valence-electron chi connectivity index (χ3n) is 4.25. The van der Waals surface area contributed by atoms with Crippen molar-refractivity contribution in [2.75, 3.05) is 32.0 Å². The van der Waals surface area contributed by atoms with E-state index in [1.54, 1.807) is 12.1 Å². The summed E-state index contributed by atoms with van der Waals surface area (Å²) in [4.78, 5) is 26.1. The standard InChI is InChI=1S/C15H20N4O2/c1-19-7-5-10(6-8-19)9-16-12-4-2-3-11-13(12)15(21)18-17-14(11)20/h2-4,10,16H,5-9H2,1H3,(H,17,20)(H,18,21). The van der Waals surface area contributed by atoms with E-state index < -0.39 is 0 Å². The van der Waals surface area contributed by atoms with Crippen LogP contribution in [0.25, 0.3) is 10.8 Å². The highest BCUT2D eigenvalue weighted by molar-refractivity contribution is 5.92. The van der Waals surface area contributed by atoms with E-state index in [4.69, 9.17) is 0 Å². The molecular formula is C15H20N4O2. The number of nitrogens with zero attached hydrogens (tertiary/aromatic N) is 1. The third-order valence-corrected chi connectivity index (χ3v) is 4.25. The fraction of sp³-hybridized carbons (Fsp3) is 0.467. The lowest BCUT2D eigenvalue weighted by molar-refractivity contribution is 0.226. The van der Waals surface area contributed by atoms with Crippen LogP contribution in [0.4, 0.5) is 5.69 Å². The van der Waals surface area contributed by atoms with Gasteiger partial charge in [-0.15, -0.1) is 0 Å². The second-order valence-electron chi connectivity index (χ2n) is 5.76. The number of aromatic nitrogens is 2. The van der Waals surface area contributed by atoms with Gasteiger partial charge in [0.05, 0.1) is 10.8 Å². The van der Waals surface area contributed by atoms with E-state index in [1.807, 2.05) is 6.07 Å². The van der Waals surface area contributed by atoms with Gasteiger partial charge in [-0.05, 0) is 51.0 Å². The average Bonchev–Trinajstić information content (AvgIpc) is 2.50. The molecule has 1 fully saturated rings. The molecule has 1 saturated heterocycles. The maximum absolute atomic E-state index is 12.0. The molecule has 0 spiro atoms. The molecule has 0 saturated carbocycles. The first kappa shape index (κ1) is 13.9. The van der Waals surface area contributed by atoms with Crippen molar-refractivity contribution in [2.24, 2.45) is 5.92 Å². The van der Waals surface area contributed by atoms with Crippen molar-refractivity contribution in [3.8, 4) is 0 Å². The predicted octanol–water partition coefficient (Wildman–Crippen LogP) is 0.970. The molecule has 3 N–H and O–H groups in total. The van der Waals surface area contributed by atoms with Crippen LogP contribution in [0.1, 0.15) is 12.8 Å². The number of benzene rings is 1. The maximum Gasteiger partial charge on any atom is 0.272 e. The zero-order valence-corrected chi connectivity index (χ0v) is 12.1. The molecule has 2 aromatic rings. The van der Waals surface area contributed by atoms with Gasteiger partial charge in [0.1, 0.15) is 0 Å². The molecule has 1 aliphatic heterocycles. The van der Waals surface area contributed by atoms with Gasteiger partial charge in [0.15, 0.2) is 0 Å². The third kappa shape index (κ3) is 2.85. The number of H-pyrrole nitrogens is 2. The quantitative estimate of drug-likeness (QED) is 0.786. The number of nitrogens with one attached hydrogen (secondary N) is 3. The van der Waals surface area contributed by atoms with Gasteiger partial charge in [-0.1, -0.05) is 6.07 Å². The highest BCUT2D eigenvalue weighted by Gasteiger charge is 2.17. The largest absolute Gasteiger partial charge is 0.384 e. The maximum atomic E-state index is 12.0. The molecule has 1 aromatic heterocycles. The summed E-state index contributed by atoms with van der Waals surface area (Å²) in [6.07, 6.45) is 2.32. The Balaban J connectivity index is 1.83. The zero-order chi connectivity index (χ0) is 14.8. The number of likely N-dealkylation sites (tertiary alicyclic amines) is 1. The molecule has 21 heavy (non-hydrogen) atoms. The van der Waals surface area contributed by atoms with Crippen LogP contribution in [0.2, 0.25) is 0 Å². The molecule has 0 atom stereocenters. The van der Waals surface area contributed by atoms with Crippen molar-refractivity contribution in [1.82, 2.24) is 15.1 Å². The fourth-order valence-electron chi connectivity index (χ4n) is 2.90. The Morgan fingerprint density at radius 3 is 2.67 bits per heavy atom. The van der Waals surface area contributed by atoms with Gasteiger partial charge >= 0.3 is 0 Å². The van der Waals surface area contributed by atoms with Gasteiger partial charge in [0.25, 0.3) is 11.1 Å². The summed E-state index contributed by atoms with van der Waals surface area (Å²) in [6, 6.07) is 5.32. The Morgan fingerprint density at radius 1 is 1.19 bits per heavy atom. The number of anilines is 1. The van der Waals surface area contributed by atoms with Crippen LogP contribution in [0.15, 0.2) is 27.8 Å². The van der Waals surface area contributed by atoms with Gasteiger partial charge < -0.3 is 10.2 Å². The molecule has 6 heteroatoms. The number of aromatic amines is 2. The molecule has 0 radical (unpaired) electrons. The molecule has 1 aliphatic rings. The fourth-order valence-corrected chi connectivity index (χ4v) is 2.90. The van der Waals surface area contributed by atoms with E-state index in [0.717, 1.165) is 38.2 Å². The van der Waals surface area contributed by atoms with Gasteiger partial charge in [-0.3, -0.25) is 19.8 Å². The van der Waals surface area contributed by atoms with Crippen molar-refractivity contribution < 1.29 is 0 Å². The van der Waals surface area contributed by atoms with Crippen molar-refractivity contribution in [1.29, 1.82) is 0 Å². The first-order chi connectivity index (χ1) is 10.1. The molecule has 2 heterocycles. The number of rotatable bonds is 3. The Bertz CT molecular complexity index is 741. The second kappa shape index (κ2) is 5.73. The normalized spacial score (nSPS) is 17.2. The van der Waals surface area contributed by atoms with Crippen LogP contribution >= 0.6 is 0 Å². The van der Waals surface area contributed by atoms with Crippen LogP contribution in [-0.4, -0.2) is 41.8 Å². The monoisotopic (exact) mass is 288 g/mol. The van der Waals surface area contributed by atoms with Crippen LogP contribution < -0.4 is 16.4 Å². The number of piperidine rings is 1. The molecule has 0 bridgehead atoms. The average molecular weight is 288 g/mol. The van der Waals surface area contributed by atoms with Crippen molar-refractivity contribution in [3.05, 3.63) is 38.9 Å². The summed E-state index contributed by atoms with van der Waals surface area (Å²) < 4.78 is 0. The lowest BCUT2D eigenvalue weighted by Crippen LogP contribution is -2.33. The first-order valence-electron chi connectivity index (χ1n) is 7.31. The summed E-state index contributed by atoms with van der Waals surface area (Å²) in [5.74, 6) is 0.609. The van der Waals surface area contributed by atoms with Crippen LogP contribution in [0.5, 0.6) is 0 Å². The van der Waals surface area contributed by atoms with Gasteiger partial charge in [-0.2, -0.15) is 0 Å². The lowest BCUT2D eigenvalue weighted by Gasteiger charge is -2.29. The SMILES string of the molecule is CN1CCC(CNc2cccc3c(=O)[nH][nH]c(=O)c23)CC1. The molecule has 0 amide bonds. The van der Waals surface area contributed by atoms with E-state index in [2.05, 4.69) is 27.5 Å². The Morgan fingerprint density at radius 2 is 1.90 bits per heavy atom. The molecule has 0 aliphatic carbocycles. The van der Waals surface area contributed by atoms with Crippen LogP contribution in [0.3, 0.4) is 0 Å². The summed E-state index contributed by atoms with van der Waals surface area (Å²) in [5, 5.41) is 8.95. The van der Waals surface area contributed by atoms with Crippen LogP contribution in [0, 0.1) is 5.92 Å². The van der Waals surface area contributed by atoms with E-state index in [-0.39, 0.29) is 11.1 Å². The van der Waals surface area contributed by atoms with Gasteiger partial charge in [0, 0.05) is 12.2 Å².